The zero-order valence-electron chi connectivity index (χ0n) is 8.17. The van der Waals surface area contributed by atoms with Gasteiger partial charge in [-0.2, -0.15) is 0 Å². The fraction of sp³-hybridized carbons (Fsp3) is 0.444. The lowest BCUT2D eigenvalue weighted by Crippen LogP contribution is -2.20. The summed E-state index contributed by atoms with van der Waals surface area (Å²) in [4.78, 5) is 13.6. The molecule has 0 aromatic carbocycles. The van der Waals surface area contributed by atoms with Crippen LogP contribution in [0.3, 0.4) is 0 Å². The summed E-state index contributed by atoms with van der Waals surface area (Å²) in [5.41, 5.74) is 0. The van der Waals surface area contributed by atoms with E-state index >= 15 is 0 Å². The van der Waals surface area contributed by atoms with Crippen LogP contribution in [-0.2, 0) is 11.3 Å². The molecule has 0 saturated heterocycles. The quantitative estimate of drug-likeness (QED) is 0.880. The molecule has 0 radical (unpaired) electrons. The molecular weight excluding hydrogens is 346 g/mol. The molecule has 0 aliphatic heterocycles. The van der Waals surface area contributed by atoms with Crippen LogP contribution in [0.4, 0.5) is 0 Å². The minimum atomic E-state index is -0.754. The first-order chi connectivity index (χ1) is 6.99. The third-order valence-electron chi connectivity index (χ3n) is 1.83. The molecule has 0 saturated carbocycles. The van der Waals surface area contributed by atoms with Crippen molar-refractivity contribution in [1.82, 2.24) is 4.90 Å². The first-order valence-electron chi connectivity index (χ1n) is 4.33. The summed E-state index contributed by atoms with van der Waals surface area (Å²) in [6, 6.07) is 2.05. The zero-order valence-corrected chi connectivity index (χ0v) is 12.2. The molecule has 0 amide bonds. The van der Waals surface area contributed by atoms with Crippen molar-refractivity contribution in [2.24, 2.45) is 0 Å². The van der Waals surface area contributed by atoms with Crippen molar-refractivity contribution in [2.75, 3.05) is 13.6 Å². The van der Waals surface area contributed by atoms with Crippen molar-refractivity contribution in [3.8, 4) is 0 Å². The van der Waals surface area contributed by atoms with E-state index in [4.69, 9.17) is 5.11 Å². The molecule has 1 rings (SSSR count). The van der Waals surface area contributed by atoms with Crippen molar-refractivity contribution >= 4 is 49.2 Å². The number of carboxylic acid groups (broad SMARTS) is 1. The van der Waals surface area contributed by atoms with Gasteiger partial charge in [-0.1, -0.05) is 0 Å². The number of nitrogens with zero attached hydrogens (tertiary/aromatic N) is 1. The highest BCUT2D eigenvalue weighted by Gasteiger charge is 2.07. The number of rotatable bonds is 5. The van der Waals surface area contributed by atoms with Crippen molar-refractivity contribution in [2.45, 2.75) is 13.0 Å². The van der Waals surface area contributed by atoms with Gasteiger partial charge in [-0.25, -0.2) is 0 Å². The standard InChI is InChI=1S/C9H11Br2NO2S/c1-12(3-2-8(13)14)5-6-4-7(10)9(11)15-6/h4H,2-3,5H2,1H3,(H,13,14). The van der Waals surface area contributed by atoms with Gasteiger partial charge in [0.05, 0.1) is 10.2 Å². The van der Waals surface area contributed by atoms with Gasteiger partial charge >= 0.3 is 5.97 Å². The second-order valence-corrected chi connectivity index (χ2v) is 6.52. The number of aliphatic carboxylic acids is 1. The highest BCUT2D eigenvalue weighted by molar-refractivity contribution is 9.13. The molecular formula is C9H11Br2NO2S. The van der Waals surface area contributed by atoms with Gasteiger partial charge in [0, 0.05) is 22.4 Å². The van der Waals surface area contributed by atoms with Gasteiger partial charge in [-0.15, -0.1) is 11.3 Å². The Bertz CT molecular complexity index is 334. The highest BCUT2D eigenvalue weighted by atomic mass is 79.9. The average Bonchev–Trinajstić information content (AvgIpc) is 2.42. The minimum Gasteiger partial charge on any atom is -0.481 e. The van der Waals surface area contributed by atoms with Crippen LogP contribution in [0.5, 0.6) is 0 Å². The van der Waals surface area contributed by atoms with E-state index in [0.29, 0.717) is 6.54 Å². The van der Waals surface area contributed by atoms with E-state index in [1.54, 1.807) is 11.3 Å². The van der Waals surface area contributed by atoms with Gasteiger partial charge in [0.25, 0.3) is 0 Å². The van der Waals surface area contributed by atoms with E-state index in [1.807, 2.05) is 18.0 Å². The third-order valence-corrected chi connectivity index (χ3v) is 5.07. The normalized spacial score (nSPS) is 10.9. The van der Waals surface area contributed by atoms with Crippen LogP contribution < -0.4 is 0 Å². The molecule has 0 aliphatic rings. The summed E-state index contributed by atoms with van der Waals surface area (Å²) in [6.07, 6.45) is 0.185. The van der Waals surface area contributed by atoms with Gasteiger partial charge in [0.1, 0.15) is 0 Å². The smallest absolute Gasteiger partial charge is 0.304 e. The molecule has 84 valence electrons. The second kappa shape index (κ2) is 5.98. The van der Waals surface area contributed by atoms with E-state index in [2.05, 4.69) is 31.9 Å². The number of hydrogen-bond acceptors (Lipinski definition) is 3. The van der Waals surface area contributed by atoms with Gasteiger partial charge in [0.15, 0.2) is 0 Å². The fourth-order valence-corrected chi connectivity index (χ4v) is 3.36. The Morgan fingerprint density at radius 2 is 2.27 bits per heavy atom. The van der Waals surface area contributed by atoms with Crippen LogP contribution in [0, 0.1) is 0 Å². The topological polar surface area (TPSA) is 40.5 Å². The summed E-state index contributed by atoms with van der Waals surface area (Å²) in [7, 11) is 1.92. The third kappa shape index (κ3) is 4.63. The summed E-state index contributed by atoms with van der Waals surface area (Å²) in [5, 5.41) is 8.54. The molecule has 3 nitrogen and oxygen atoms in total. The fourth-order valence-electron chi connectivity index (χ4n) is 1.10. The molecule has 0 fully saturated rings. The molecule has 0 bridgehead atoms. The van der Waals surface area contributed by atoms with Crippen LogP contribution in [0.1, 0.15) is 11.3 Å². The lowest BCUT2D eigenvalue weighted by atomic mass is 10.3. The summed E-state index contributed by atoms with van der Waals surface area (Å²) < 4.78 is 2.12. The van der Waals surface area contributed by atoms with Crippen molar-refractivity contribution in [3.05, 3.63) is 19.2 Å². The lowest BCUT2D eigenvalue weighted by molar-refractivity contribution is -0.137. The Labute approximate surface area is 109 Å². The predicted molar refractivity (Wildman–Crippen MR) is 68.3 cm³/mol. The van der Waals surface area contributed by atoms with E-state index in [0.717, 1.165) is 14.8 Å². The van der Waals surface area contributed by atoms with Gasteiger partial charge in [-0.05, 0) is 45.0 Å². The monoisotopic (exact) mass is 355 g/mol. The molecule has 1 N–H and O–H groups in total. The Hall–Kier alpha value is 0.0900. The van der Waals surface area contributed by atoms with Gasteiger partial charge in [-0.3, -0.25) is 4.79 Å². The number of carbonyl (C=O) groups is 1. The predicted octanol–water partition coefficient (Wildman–Crippen LogP) is 3.18. The average molecular weight is 357 g/mol. The van der Waals surface area contributed by atoms with E-state index in [9.17, 15) is 4.79 Å². The Kier molecular flexibility index (Phi) is 5.25. The Balaban J connectivity index is 2.44. The van der Waals surface area contributed by atoms with Crippen LogP contribution in [0.2, 0.25) is 0 Å². The van der Waals surface area contributed by atoms with Crippen LogP contribution in [0.25, 0.3) is 0 Å². The lowest BCUT2D eigenvalue weighted by Gasteiger charge is -2.13. The van der Waals surface area contributed by atoms with Crippen LogP contribution in [0.15, 0.2) is 14.3 Å². The maximum absolute atomic E-state index is 10.4. The first-order valence-corrected chi connectivity index (χ1v) is 6.73. The molecule has 6 heteroatoms. The maximum atomic E-state index is 10.4. The molecule has 0 unspecified atom stereocenters. The second-order valence-electron chi connectivity index (χ2n) is 3.22. The summed E-state index contributed by atoms with van der Waals surface area (Å²) in [5.74, 6) is -0.754. The molecule has 1 aromatic rings. The number of halogens is 2. The molecule has 0 aliphatic carbocycles. The Morgan fingerprint density at radius 3 is 2.73 bits per heavy atom. The largest absolute Gasteiger partial charge is 0.481 e. The van der Waals surface area contributed by atoms with Crippen molar-refractivity contribution < 1.29 is 9.90 Å². The van der Waals surface area contributed by atoms with E-state index in [1.165, 1.54) is 4.88 Å². The molecule has 1 aromatic heterocycles. The number of thiophene rings is 1. The highest BCUT2D eigenvalue weighted by Crippen LogP contribution is 2.32. The summed E-state index contributed by atoms with van der Waals surface area (Å²) in [6.45, 7) is 1.35. The van der Waals surface area contributed by atoms with E-state index < -0.39 is 5.97 Å². The molecule has 15 heavy (non-hydrogen) atoms. The van der Waals surface area contributed by atoms with Crippen LogP contribution >= 0.6 is 43.2 Å². The van der Waals surface area contributed by atoms with Gasteiger partial charge < -0.3 is 10.0 Å². The maximum Gasteiger partial charge on any atom is 0.304 e. The molecule has 1 heterocycles. The number of hydrogen-bond donors (Lipinski definition) is 1. The zero-order chi connectivity index (χ0) is 11.4. The number of carboxylic acids is 1. The summed E-state index contributed by atoms with van der Waals surface area (Å²) >= 11 is 8.50. The molecule has 0 atom stereocenters. The Morgan fingerprint density at radius 1 is 1.60 bits per heavy atom. The first kappa shape index (κ1) is 13.2. The van der Waals surface area contributed by atoms with E-state index in [-0.39, 0.29) is 6.42 Å². The SMILES string of the molecule is CN(CCC(=O)O)Cc1cc(Br)c(Br)s1. The molecule has 0 spiro atoms. The van der Waals surface area contributed by atoms with Gasteiger partial charge in [0.2, 0.25) is 0 Å². The van der Waals surface area contributed by atoms with Crippen LogP contribution in [-0.4, -0.2) is 29.6 Å². The van der Waals surface area contributed by atoms with Crippen molar-refractivity contribution in [1.29, 1.82) is 0 Å². The van der Waals surface area contributed by atoms with Crippen molar-refractivity contribution in [3.63, 3.8) is 0 Å². The minimum absolute atomic E-state index is 0.185.